The molecule has 0 heterocycles. The summed E-state index contributed by atoms with van der Waals surface area (Å²) in [4.78, 5) is 7.31. The molecule has 1 aromatic rings. The molecule has 0 fully saturated rings. The fraction of sp³-hybridized carbons (Fsp3) is 0.650. The van der Waals surface area contributed by atoms with Gasteiger partial charge in [0.2, 0.25) is 10.0 Å². The van der Waals surface area contributed by atoms with Gasteiger partial charge in [-0.05, 0) is 53.2 Å². The molecular formula is C20H38IN5O2S. The fourth-order valence-corrected chi connectivity index (χ4v) is 4.00. The van der Waals surface area contributed by atoms with Gasteiger partial charge in [-0.2, -0.15) is 0 Å². The Labute approximate surface area is 194 Å². The van der Waals surface area contributed by atoms with Gasteiger partial charge in [-0.1, -0.05) is 18.2 Å². The highest BCUT2D eigenvalue weighted by Gasteiger charge is 2.13. The van der Waals surface area contributed by atoms with Gasteiger partial charge >= 0.3 is 0 Å². The van der Waals surface area contributed by atoms with Gasteiger partial charge in [-0.15, -0.1) is 24.0 Å². The summed E-state index contributed by atoms with van der Waals surface area (Å²) in [6.45, 7) is 14.1. The lowest BCUT2D eigenvalue weighted by atomic mass is 10.2. The molecule has 0 saturated carbocycles. The Morgan fingerprint density at radius 1 is 1.03 bits per heavy atom. The molecule has 29 heavy (non-hydrogen) atoms. The average Bonchev–Trinajstić information content (AvgIpc) is 2.65. The molecule has 1 rings (SSSR count). The Balaban J connectivity index is 0.00000784. The lowest BCUT2D eigenvalue weighted by Crippen LogP contribution is -2.41. The molecule has 3 N–H and O–H groups in total. The van der Waals surface area contributed by atoms with Crippen LogP contribution in [0.3, 0.4) is 0 Å². The molecule has 0 atom stereocenters. The van der Waals surface area contributed by atoms with E-state index in [1.165, 1.54) is 0 Å². The van der Waals surface area contributed by atoms with E-state index in [-0.39, 0.29) is 35.4 Å². The van der Waals surface area contributed by atoms with E-state index in [9.17, 15) is 8.42 Å². The van der Waals surface area contributed by atoms with Gasteiger partial charge < -0.3 is 10.6 Å². The van der Waals surface area contributed by atoms with E-state index < -0.39 is 10.0 Å². The molecule has 0 aliphatic carbocycles. The molecule has 0 unspecified atom stereocenters. The first-order valence-corrected chi connectivity index (χ1v) is 11.6. The summed E-state index contributed by atoms with van der Waals surface area (Å²) in [7, 11) is -3.47. The minimum absolute atomic E-state index is 0. The molecule has 7 nitrogen and oxygen atoms in total. The minimum Gasteiger partial charge on any atom is -0.357 e. The van der Waals surface area contributed by atoms with Crippen molar-refractivity contribution in [3.8, 4) is 0 Å². The van der Waals surface area contributed by atoms with E-state index >= 15 is 0 Å². The normalized spacial score (nSPS) is 12.3. The highest BCUT2D eigenvalue weighted by atomic mass is 127. The van der Waals surface area contributed by atoms with Gasteiger partial charge in [0, 0.05) is 44.8 Å². The van der Waals surface area contributed by atoms with Crippen molar-refractivity contribution in [1.82, 2.24) is 20.3 Å². The lowest BCUT2D eigenvalue weighted by molar-refractivity contribution is 0.174. The van der Waals surface area contributed by atoms with Crippen LogP contribution in [-0.4, -0.2) is 64.1 Å². The summed E-state index contributed by atoms with van der Waals surface area (Å²) < 4.78 is 27.0. The van der Waals surface area contributed by atoms with E-state index in [0.29, 0.717) is 24.6 Å². The summed E-state index contributed by atoms with van der Waals surface area (Å²) >= 11 is 0. The highest BCUT2D eigenvalue weighted by molar-refractivity contribution is 14.0. The third-order valence-corrected chi connectivity index (χ3v) is 5.76. The Hall–Kier alpha value is -0.910. The van der Waals surface area contributed by atoms with Crippen LogP contribution in [0, 0.1) is 0 Å². The topological polar surface area (TPSA) is 85.8 Å². The first-order valence-electron chi connectivity index (χ1n) is 10.1. The van der Waals surface area contributed by atoms with Gasteiger partial charge in [-0.25, -0.2) is 13.1 Å². The molecule has 0 radical (unpaired) electrons. The van der Waals surface area contributed by atoms with Crippen LogP contribution in [0.2, 0.25) is 0 Å². The minimum atomic E-state index is -3.47. The molecule has 0 aromatic heterocycles. The van der Waals surface area contributed by atoms with E-state index in [1.54, 1.807) is 30.3 Å². The zero-order chi connectivity index (χ0) is 21.0. The summed E-state index contributed by atoms with van der Waals surface area (Å²) in [6.07, 6.45) is 0.980. The average molecular weight is 540 g/mol. The number of benzene rings is 1. The molecule has 0 aliphatic heterocycles. The SMILES string of the molecule is CCNC(=NCCCN(C(C)C)C(C)C)NCCNS(=O)(=O)c1ccccc1.I. The van der Waals surface area contributed by atoms with E-state index in [4.69, 9.17) is 0 Å². The zero-order valence-electron chi connectivity index (χ0n) is 18.3. The smallest absolute Gasteiger partial charge is 0.240 e. The highest BCUT2D eigenvalue weighted by Crippen LogP contribution is 2.06. The van der Waals surface area contributed by atoms with Crippen LogP contribution in [0.5, 0.6) is 0 Å². The number of rotatable bonds is 12. The maximum atomic E-state index is 12.2. The van der Waals surface area contributed by atoms with Crippen molar-refractivity contribution in [2.75, 3.05) is 32.7 Å². The quantitative estimate of drug-likeness (QED) is 0.165. The summed E-state index contributed by atoms with van der Waals surface area (Å²) in [6, 6.07) is 9.42. The van der Waals surface area contributed by atoms with Crippen LogP contribution in [0.15, 0.2) is 40.2 Å². The van der Waals surface area contributed by atoms with Crippen molar-refractivity contribution >= 4 is 40.0 Å². The zero-order valence-corrected chi connectivity index (χ0v) is 21.5. The van der Waals surface area contributed by atoms with Crippen LogP contribution < -0.4 is 15.4 Å². The van der Waals surface area contributed by atoms with Gasteiger partial charge in [0.15, 0.2) is 5.96 Å². The molecule has 0 saturated heterocycles. The Morgan fingerprint density at radius 2 is 1.66 bits per heavy atom. The molecule has 0 amide bonds. The van der Waals surface area contributed by atoms with Gasteiger partial charge in [0.25, 0.3) is 0 Å². The van der Waals surface area contributed by atoms with Gasteiger partial charge in [-0.3, -0.25) is 9.89 Å². The Morgan fingerprint density at radius 3 is 2.21 bits per heavy atom. The number of aliphatic imine (C=N–C) groups is 1. The maximum absolute atomic E-state index is 12.2. The number of nitrogens with zero attached hydrogens (tertiary/aromatic N) is 2. The fourth-order valence-electron chi connectivity index (χ4n) is 2.95. The van der Waals surface area contributed by atoms with Gasteiger partial charge in [0.1, 0.15) is 0 Å². The second-order valence-electron chi connectivity index (χ2n) is 7.18. The van der Waals surface area contributed by atoms with Crippen molar-refractivity contribution < 1.29 is 8.42 Å². The lowest BCUT2D eigenvalue weighted by Gasteiger charge is -2.30. The van der Waals surface area contributed by atoms with Crippen LogP contribution >= 0.6 is 24.0 Å². The largest absolute Gasteiger partial charge is 0.357 e. The molecule has 0 spiro atoms. The molecule has 1 aromatic carbocycles. The van der Waals surface area contributed by atoms with Crippen molar-refractivity contribution in [3.05, 3.63) is 30.3 Å². The van der Waals surface area contributed by atoms with Crippen molar-refractivity contribution in [2.24, 2.45) is 4.99 Å². The van der Waals surface area contributed by atoms with Crippen molar-refractivity contribution in [3.63, 3.8) is 0 Å². The number of halogens is 1. The molecular weight excluding hydrogens is 501 g/mol. The molecule has 9 heteroatoms. The number of sulfonamides is 1. The third kappa shape index (κ3) is 11.2. The Kier molecular flexibility index (Phi) is 14.5. The Bertz CT molecular complexity index is 673. The van der Waals surface area contributed by atoms with Gasteiger partial charge in [0.05, 0.1) is 4.90 Å². The monoisotopic (exact) mass is 539 g/mol. The first kappa shape index (κ1) is 28.1. The number of guanidine groups is 1. The molecule has 0 aliphatic rings. The number of nitrogens with one attached hydrogen (secondary N) is 3. The third-order valence-electron chi connectivity index (χ3n) is 4.28. The van der Waals surface area contributed by atoms with Crippen LogP contribution in [0.4, 0.5) is 0 Å². The second kappa shape index (κ2) is 15.0. The van der Waals surface area contributed by atoms with Crippen LogP contribution in [0.1, 0.15) is 41.0 Å². The van der Waals surface area contributed by atoms with Crippen LogP contribution in [0.25, 0.3) is 0 Å². The standard InChI is InChI=1S/C20H37N5O2S.HI/c1-6-21-20(22-13-10-16-25(17(2)3)18(4)5)23-14-15-24-28(26,27)19-11-8-7-9-12-19;/h7-9,11-12,17-18,24H,6,10,13-16H2,1-5H3,(H2,21,22,23);1H. The van der Waals surface area contributed by atoms with E-state index in [0.717, 1.165) is 26.1 Å². The predicted octanol–water partition coefficient (Wildman–Crippen LogP) is 2.65. The van der Waals surface area contributed by atoms with E-state index in [2.05, 4.69) is 52.9 Å². The molecule has 0 bridgehead atoms. The summed E-state index contributed by atoms with van der Waals surface area (Å²) in [5, 5.41) is 6.37. The first-order chi connectivity index (χ1) is 13.3. The van der Waals surface area contributed by atoms with E-state index in [1.807, 2.05) is 6.92 Å². The second-order valence-corrected chi connectivity index (χ2v) is 8.94. The van der Waals surface area contributed by atoms with Crippen molar-refractivity contribution in [1.29, 1.82) is 0 Å². The summed E-state index contributed by atoms with van der Waals surface area (Å²) in [5.74, 6) is 0.710. The number of hydrogen-bond donors (Lipinski definition) is 3. The maximum Gasteiger partial charge on any atom is 0.240 e. The van der Waals surface area contributed by atoms with Crippen LogP contribution in [-0.2, 0) is 10.0 Å². The summed E-state index contributed by atoms with van der Waals surface area (Å²) in [5.41, 5.74) is 0. The number of hydrogen-bond acceptors (Lipinski definition) is 4. The predicted molar refractivity (Wildman–Crippen MR) is 133 cm³/mol. The molecule has 168 valence electrons. The van der Waals surface area contributed by atoms with Crippen molar-refractivity contribution in [2.45, 2.75) is 58.0 Å².